The highest BCUT2D eigenvalue weighted by Crippen LogP contribution is 2.42. The van der Waals surface area contributed by atoms with Gasteiger partial charge < -0.3 is 4.74 Å². The van der Waals surface area contributed by atoms with Crippen LogP contribution < -0.4 is 4.74 Å². The fourth-order valence-corrected chi connectivity index (χ4v) is 1.82. The molecule has 0 saturated heterocycles. The van der Waals surface area contributed by atoms with Crippen LogP contribution >= 0.6 is 15.9 Å². The van der Waals surface area contributed by atoms with Gasteiger partial charge in [-0.1, -0.05) is 22.0 Å². The van der Waals surface area contributed by atoms with Gasteiger partial charge in [0.05, 0.1) is 6.10 Å². The maximum absolute atomic E-state index is 12.7. The minimum atomic E-state index is -4.38. The molecule has 0 unspecified atom stereocenters. The summed E-state index contributed by atoms with van der Waals surface area (Å²) in [5, 5.41) is 0. The molecule has 0 aliphatic heterocycles. The van der Waals surface area contributed by atoms with E-state index in [1.165, 1.54) is 18.2 Å². The number of benzene rings is 1. The Bertz CT molecular complexity index is 371. The molecule has 5 heteroatoms. The van der Waals surface area contributed by atoms with Crippen molar-refractivity contribution in [2.75, 3.05) is 0 Å². The van der Waals surface area contributed by atoms with Crippen molar-refractivity contribution >= 4 is 15.9 Å². The van der Waals surface area contributed by atoms with Gasteiger partial charge in [-0.2, -0.15) is 13.2 Å². The first-order valence-electron chi connectivity index (χ1n) is 4.51. The second kappa shape index (κ2) is 3.70. The summed E-state index contributed by atoms with van der Waals surface area (Å²) in [6.07, 6.45) is -2.75. The average Bonchev–Trinajstić information content (AvgIpc) is 2.85. The van der Waals surface area contributed by atoms with Gasteiger partial charge in [0.1, 0.15) is 11.3 Å². The van der Waals surface area contributed by atoms with Crippen LogP contribution in [0, 0.1) is 0 Å². The summed E-state index contributed by atoms with van der Waals surface area (Å²) in [4.78, 5) is 0. The van der Waals surface area contributed by atoms with Gasteiger partial charge in [-0.05, 0) is 25.0 Å². The van der Waals surface area contributed by atoms with Crippen molar-refractivity contribution < 1.29 is 17.9 Å². The molecule has 82 valence electrons. The molecule has 1 aliphatic carbocycles. The molecule has 15 heavy (non-hydrogen) atoms. The maximum Gasteiger partial charge on any atom is 0.421 e. The summed E-state index contributed by atoms with van der Waals surface area (Å²) < 4.78 is 43.2. The van der Waals surface area contributed by atoms with E-state index in [9.17, 15) is 13.2 Å². The molecule has 0 heterocycles. The summed E-state index contributed by atoms with van der Waals surface area (Å²) in [6.45, 7) is 0. The van der Waals surface area contributed by atoms with Crippen molar-refractivity contribution in [3.8, 4) is 5.75 Å². The lowest BCUT2D eigenvalue weighted by Crippen LogP contribution is -2.10. The monoisotopic (exact) mass is 280 g/mol. The van der Waals surface area contributed by atoms with Crippen LogP contribution in [0.25, 0.3) is 0 Å². The molecule has 0 spiro atoms. The highest BCUT2D eigenvalue weighted by atomic mass is 79.9. The Morgan fingerprint density at radius 1 is 1.27 bits per heavy atom. The van der Waals surface area contributed by atoms with Crippen LogP contribution in [0.2, 0.25) is 0 Å². The van der Waals surface area contributed by atoms with Crippen LogP contribution in [0.15, 0.2) is 22.7 Å². The van der Waals surface area contributed by atoms with Crippen molar-refractivity contribution in [2.45, 2.75) is 25.1 Å². The summed E-state index contributed by atoms with van der Waals surface area (Å²) >= 11 is 2.89. The zero-order valence-electron chi connectivity index (χ0n) is 7.64. The minimum Gasteiger partial charge on any atom is -0.490 e. The molecular formula is C10H8BrF3O. The molecule has 2 rings (SSSR count). The van der Waals surface area contributed by atoms with Gasteiger partial charge in [0.15, 0.2) is 0 Å². The van der Waals surface area contributed by atoms with Gasteiger partial charge in [0, 0.05) is 4.47 Å². The van der Waals surface area contributed by atoms with Gasteiger partial charge in [0.2, 0.25) is 0 Å². The highest BCUT2D eigenvalue weighted by molar-refractivity contribution is 9.10. The molecule has 1 nitrogen and oxygen atoms in total. The summed E-state index contributed by atoms with van der Waals surface area (Å²) in [5.41, 5.74) is -0.725. The van der Waals surface area contributed by atoms with Crippen molar-refractivity contribution in [3.05, 3.63) is 28.2 Å². The van der Waals surface area contributed by atoms with Gasteiger partial charge in [-0.3, -0.25) is 0 Å². The van der Waals surface area contributed by atoms with E-state index in [2.05, 4.69) is 15.9 Å². The quantitative estimate of drug-likeness (QED) is 0.795. The summed E-state index contributed by atoms with van der Waals surface area (Å²) in [5.74, 6) is -0.0839. The van der Waals surface area contributed by atoms with Crippen LogP contribution in [0.1, 0.15) is 18.4 Å². The molecule has 0 atom stereocenters. The number of halogens is 4. The molecule has 1 fully saturated rings. The molecular weight excluding hydrogens is 273 g/mol. The SMILES string of the molecule is FC(F)(F)c1c(Br)cccc1OC1CC1. The standard InChI is InChI=1S/C10H8BrF3O/c11-7-2-1-3-8(15-6-4-5-6)9(7)10(12,13)14/h1-3,6H,4-5H2. The Balaban J connectivity index is 2.38. The number of hydrogen-bond donors (Lipinski definition) is 0. The first kappa shape index (κ1) is 10.8. The largest absolute Gasteiger partial charge is 0.490 e. The third-order valence-electron chi connectivity index (χ3n) is 2.08. The van der Waals surface area contributed by atoms with E-state index in [0.717, 1.165) is 12.8 Å². The van der Waals surface area contributed by atoms with E-state index in [1.54, 1.807) is 0 Å². The van der Waals surface area contributed by atoms with E-state index in [0.29, 0.717) is 0 Å². The Hall–Kier alpha value is -0.710. The number of alkyl halides is 3. The lowest BCUT2D eigenvalue weighted by Gasteiger charge is -2.14. The van der Waals surface area contributed by atoms with Crippen molar-refractivity contribution in [1.29, 1.82) is 0 Å². The predicted octanol–water partition coefficient (Wildman–Crippen LogP) is 4.01. The first-order chi connectivity index (χ1) is 6.98. The van der Waals surface area contributed by atoms with Crippen molar-refractivity contribution in [3.63, 3.8) is 0 Å². The molecule has 1 aromatic carbocycles. The van der Waals surface area contributed by atoms with E-state index in [-0.39, 0.29) is 16.3 Å². The third-order valence-corrected chi connectivity index (χ3v) is 2.74. The first-order valence-corrected chi connectivity index (χ1v) is 5.30. The second-order valence-electron chi connectivity index (χ2n) is 3.43. The van der Waals surface area contributed by atoms with Crippen LogP contribution in [-0.2, 0) is 6.18 Å². The average molecular weight is 281 g/mol. The Labute approximate surface area is 93.4 Å². The topological polar surface area (TPSA) is 9.23 Å². The van der Waals surface area contributed by atoms with E-state index < -0.39 is 11.7 Å². The highest BCUT2D eigenvalue weighted by Gasteiger charge is 2.38. The van der Waals surface area contributed by atoms with Crippen molar-refractivity contribution in [2.24, 2.45) is 0 Å². The number of rotatable bonds is 2. The zero-order valence-corrected chi connectivity index (χ0v) is 9.23. The fraction of sp³-hybridized carbons (Fsp3) is 0.400. The summed E-state index contributed by atoms with van der Waals surface area (Å²) in [7, 11) is 0. The minimum absolute atomic E-state index is 0.0214. The summed E-state index contributed by atoms with van der Waals surface area (Å²) in [6, 6.07) is 4.26. The smallest absolute Gasteiger partial charge is 0.421 e. The van der Waals surface area contributed by atoms with E-state index in [1.807, 2.05) is 0 Å². The zero-order chi connectivity index (χ0) is 11.1. The molecule has 1 aliphatic rings. The molecule has 1 saturated carbocycles. The molecule has 0 amide bonds. The fourth-order valence-electron chi connectivity index (χ4n) is 1.24. The molecule has 0 radical (unpaired) electrons. The maximum atomic E-state index is 12.7. The molecule has 1 aromatic rings. The Morgan fingerprint density at radius 3 is 2.47 bits per heavy atom. The van der Waals surface area contributed by atoms with Gasteiger partial charge in [-0.25, -0.2) is 0 Å². The van der Waals surface area contributed by atoms with Crippen LogP contribution in [0.5, 0.6) is 5.75 Å². The van der Waals surface area contributed by atoms with Crippen LogP contribution in [0.3, 0.4) is 0 Å². The van der Waals surface area contributed by atoms with Gasteiger partial charge in [-0.15, -0.1) is 0 Å². The van der Waals surface area contributed by atoms with Crippen molar-refractivity contribution in [1.82, 2.24) is 0 Å². The lowest BCUT2D eigenvalue weighted by atomic mass is 10.2. The van der Waals surface area contributed by atoms with E-state index in [4.69, 9.17) is 4.74 Å². The Morgan fingerprint density at radius 2 is 1.93 bits per heavy atom. The number of hydrogen-bond acceptors (Lipinski definition) is 1. The molecule has 0 aromatic heterocycles. The molecule has 0 N–H and O–H groups in total. The second-order valence-corrected chi connectivity index (χ2v) is 4.28. The van der Waals surface area contributed by atoms with Gasteiger partial charge in [0.25, 0.3) is 0 Å². The predicted molar refractivity (Wildman–Crippen MR) is 52.8 cm³/mol. The van der Waals surface area contributed by atoms with Crippen LogP contribution in [-0.4, -0.2) is 6.10 Å². The molecule has 0 bridgehead atoms. The third kappa shape index (κ3) is 2.45. The normalized spacial score (nSPS) is 16.5. The van der Waals surface area contributed by atoms with Gasteiger partial charge >= 0.3 is 6.18 Å². The number of ether oxygens (including phenoxy) is 1. The lowest BCUT2D eigenvalue weighted by molar-refractivity contribution is -0.139. The Kier molecular flexibility index (Phi) is 2.66. The van der Waals surface area contributed by atoms with Crippen LogP contribution in [0.4, 0.5) is 13.2 Å². The van der Waals surface area contributed by atoms with E-state index >= 15 is 0 Å².